The van der Waals surface area contributed by atoms with Crippen LogP contribution in [-0.4, -0.2) is 38.0 Å². The highest BCUT2D eigenvalue weighted by Crippen LogP contribution is 2.07. The second-order valence-corrected chi connectivity index (χ2v) is 4.17. The lowest BCUT2D eigenvalue weighted by atomic mass is 10.3. The van der Waals surface area contributed by atoms with Gasteiger partial charge >= 0.3 is 0 Å². The minimum atomic E-state index is -0.400. The van der Waals surface area contributed by atoms with Crippen LogP contribution < -0.4 is 5.32 Å². The molecular weight excluding hydrogens is 198 g/mol. The van der Waals surface area contributed by atoms with Crippen molar-refractivity contribution in [3.05, 3.63) is 22.4 Å². The minimum absolute atomic E-state index is 0.395. The Balaban J connectivity index is 1.99. The molecule has 4 heteroatoms. The molecule has 1 heterocycles. The number of nitrogens with one attached hydrogen (secondary N) is 1. The van der Waals surface area contributed by atoms with E-state index in [0.29, 0.717) is 13.2 Å². The van der Waals surface area contributed by atoms with Gasteiger partial charge in [0.05, 0.1) is 12.7 Å². The number of rotatable bonds is 7. The normalized spacial score (nSPS) is 13.0. The third-order valence-electron chi connectivity index (χ3n) is 1.87. The van der Waals surface area contributed by atoms with E-state index in [2.05, 4.69) is 22.8 Å². The number of aliphatic hydroxyl groups excluding tert-OH is 1. The molecule has 3 nitrogen and oxygen atoms in total. The summed E-state index contributed by atoms with van der Waals surface area (Å²) >= 11 is 1.76. The van der Waals surface area contributed by atoms with E-state index in [1.165, 1.54) is 4.88 Å². The zero-order valence-corrected chi connectivity index (χ0v) is 9.22. The Morgan fingerprint density at radius 1 is 1.64 bits per heavy atom. The number of ether oxygens (including phenoxy) is 1. The monoisotopic (exact) mass is 215 g/mol. The lowest BCUT2D eigenvalue weighted by Gasteiger charge is -2.09. The molecule has 0 saturated carbocycles. The van der Waals surface area contributed by atoms with E-state index in [-0.39, 0.29) is 0 Å². The Kier molecular flexibility index (Phi) is 5.78. The average Bonchev–Trinajstić information content (AvgIpc) is 2.65. The second kappa shape index (κ2) is 6.95. The number of hydrogen-bond acceptors (Lipinski definition) is 4. The van der Waals surface area contributed by atoms with Crippen molar-refractivity contribution in [3.63, 3.8) is 0 Å². The first-order valence-electron chi connectivity index (χ1n) is 4.73. The van der Waals surface area contributed by atoms with Crippen molar-refractivity contribution in [2.24, 2.45) is 0 Å². The van der Waals surface area contributed by atoms with Crippen molar-refractivity contribution in [1.82, 2.24) is 5.32 Å². The summed E-state index contributed by atoms with van der Waals surface area (Å²) in [5, 5.41) is 14.6. The fraction of sp³-hybridized carbons (Fsp3) is 0.600. The smallest absolute Gasteiger partial charge is 0.0897 e. The topological polar surface area (TPSA) is 41.5 Å². The van der Waals surface area contributed by atoms with Gasteiger partial charge in [0.1, 0.15) is 0 Å². The molecule has 0 aliphatic rings. The summed E-state index contributed by atoms with van der Waals surface area (Å²) in [6.07, 6.45) is 0.625. The Morgan fingerprint density at radius 3 is 3.14 bits per heavy atom. The zero-order chi connectivity index (χ0) is 10.2. The van der Waals surface area contributed by atoms with E-state index >= 15 is 0 Å². The van der Waals surface area contributed by atoms with Crippen LogP contribution in [0.15, 0.2) is 17.5 Å². The van der Waals surface area contributed by atoms with Gasteiger partial charge in [0, 0.05) is 25.1 Å². The Morgan fingerprint density at radius 2 is 2.50 bits per heavy atom. The molecule has 0 saturated heterocycles. The molecule has 0 spiro atoms. The van der Waals surface area contributed by atoms with Crippen molar-refractivity contribution in [2.45, 2.75) is 12.5 Å². The second-order valence-electron chi connectivity index (χ2n) is 3.14. The third-order valence-corrected chi connectivity index (χ3v) is 2.80. The van der Waals surface area contributed by atoms with Crippen LogP contribution in [0.1, 0.15) is 4.88 Å². The summed E-state index contributed by atoms with van der Waals surface area (Å²) in [4.78, 5) is 1.37. The van der Waals surface area contributed by atoms with Gasteiger partial charge in [0.25, 0.3) is 0 Å². The van der Waals surface area contributed by atoms with Gasteiger partial charge in [-0.3, -0.25) is 0 Å². The highest BCUT2D eigenvalue weighted by Gasteiger charge is 2.01. The molecule has 0 amide bonds. The SMILES string of the molecule is COCC(O)CNCCc1cccs1. The summed E-state index contributed by atoms with van der Waals surface area (Å²) in [5.74, 6) is 0. The van der Waals surface area contributed by atoms with Crippen LogP contribution in [0.4, 0.5) is 0 Å². The molecule has 0 aliphatic heterocycles. The molecule has 0 fully saturated rings. The first-order chi connectivity index (χ1) is 6.83. The van der Waals surface area contributed by atoms with E-state index in [4.69, 9.17) is 4.74 Å². The molecule has 1 aromatic rings. The Hall–Kier alpha value is -0.420. The highest BCUT2D eigenvalue weighted by molar-refractivity contribution is 7.09. The van der Waals surface area contributed by atoms with Gasteiger partial charge in [-0.25, -0.2) is 0 Å². The van der Waals surface area contributed by atoms with Crippen LogP contribution >= 0.6 is 11.3 Å². The summed E-state index contributed by atoms with van der Waals surface area (Å²) in [5.41, 5.74) is 0. The molecule has 0 aromatic carbocycles. The zero-order valence-electron chi connectivity index (χ0n) is 8.40. The fourth-order valence-electron chi connectivity index (χ4n) is 1.19. The highest BCUT2D eigenvalue weighted by atomic mass is 32.1. The summed E-state index contributed by atoms with van der Waals surface area (Å²) < 4.78 is 4.82. The van der Waals surface area contributed by atoms with Gasteiger partial charge < -0.3 is 15.2 Å². The van der Waals surface area contributed by atoms with E-state index < -0.39 is 6.10 Å². The number of aliphatic hydroxyl groups is 1. The minimum Gasteiger partial charge on any atom is -0.389 e. The largest absolute Gasteiger partial charge is 0.389 e. The standard InChI is InChI=1S/C10H17NO2S/c1-13-8-9(12)7-11-5-4-10-3-2-6-14-10/h2-3,6,9,11-12H,4-5,7-8H2,1H3. The molecule has 0 aliphatic carbocycles. The van der Waals surface area contributed by atoms with Crippen molar-refractivity contribution in [1.29, 1.82) is 0 Å². The average molecular weight is 215 g/mol. The van der Waals surface area contributed by atoms with Crippen LogP contribution in [-0.2, 0) is 11.2 Å². The van der Waals surface area contributed by atoms with Crippen LogP contribution in [0, 0.1) is 0 Å². The van der Waals surface area contributed by atoms with Gasteiger partial charge in [-0.15, -0.1) is 11.3 Å². The summed E-state index contributed by atoms with van der Waals surface area (Å²) in [6, 6.07) is 4.18. The molecule has 1 atom stereocenters. The summed E-state index contributed by atoms with van der Waals surface area (Å²) in [6.45, 7) is 1.90. The Labute approximate surface area is 88.7 Å². The van der Waals surface area contributed by atoms with E-state index in [1.54, 1.807) is 18.4 Å². The maximum absolute atomic E-state index is 9.32. The van der Waals surface area contributed by atoms with Crippen molar-refractivity contribution in [2.75, 3.05) is 26.8 Å². The van der Waals surface area contributed by atoms with Gasteiger partial charge in [0.2, 0.25) is 0 Å². The molecule has 1 aromatic heterocycles. The van der Waals surface area contributed by atoms with Gasteiger partial charge in [-0.1, -0.05) is 6.07 Å². The lowest BCUT2D eigenvalue weighted by Crippen LogP contribution is -2.31. The van der Waals surface area contributed by atoms with Gasteiger partial charge in [-0.05, 0) is 17.9 Å². The quantitative estimate of drug-likeness (QED) is 0.664. The molecular formula is C10H17NO2S. The Bertz CT molecular complexity index is 226. The molecule has 2 N–H and O–H groups in total. The maximum atomic E-state index is 9.32. The van der Waals surface area contributed by atoms with Crippen molar-refractivity contribution in [3.8, 4) is 0 Å². The van der Waals surface area contributed by atoms with Gasteiger partial charge in [-0.2, -0.15) is 0 Å². The van der Waals surface area contributed by atoms with Crippen LogP contribution in [0.5, 0.6) is 0 Å². The van der Waals surface area contributed by atoms with Crippen molar-refractivity contribution >= 4 is 11.3 Å². The molecule has 1 rings (SSSR count). The number of thiophene rings is 1. The molecule has 0 radical (unpaired) electrons. The van der Waals surface area contributed by atoms with Crippen LogP contribution in [0.3, 0.4) is 0 Å². The summed E-state index contributed by atoms with van der Waals surface area (Å²) in [7, 11) is 1.59. The van der Waals surface area contributed by atoms with Crippen LogP contribution in [0.25, 0.3) is 0 Å². The van der Waals surface area contributed by atoms with E-state index in [1.807, 2.05) is 0 Å². The third kappa shape index (κ3) is 4.72. The predicted octanol–water partition coefficient (Wildman–Crippen LogP) is 0.887. The fourth-order valence-corrected chi connectivity index (χ4v) is 1.90. The van der Waals surface area contributed by atoms with Gasteiger partial charge in [0.15, 0.2) is 0 Å². The molecule has 14 heavy (non-hydrogen) atoms. The first-order valence-corrected chi connectivity index (χ1v) is 5.61. The van der Waals surface area contributed by atoms with E-state index in [0.717, 1.165) is 13.0 Å². The maximum Gasteiger partial charge on any atom is 0.0897 e. The van der Waals surface area contributed by atoms with Crippen LogP contribution in [0.2, 0.25) is 0 Å². The first kappa shape index (κ1) is 11.7. The number of methoxy groups -OCH3 is 1. The predicted molar refractivity (Wildman–Crippen MR) is 58.8 cm³/mol. The molecule has 0 bridgehead atoms. The molecule has 1 unspecified atom stereocenters. The molecule has 80 valence electrons. The lowest BCUT2D eigenvalue weighted by molar-refractivity contribution is 0.0648. The number of hydrogen-bond donors (Lipinski definition) is 2. The van der Waals surface area contributed by atoms with E-state index in [9.17, 15) is 5.11 Å². The van der Waals surface area contributed by atoms with Crippen molar-refractivity contribution < 1.29 is 9.84 Å².